The molecule has 0 bridgehead atoms. The van der Waals surface area contributed by atoms with Crippen molar-refractivity contribution in [2.24, 2.45) is 0 Å². The highest BCUT2D eigenvalue weighted by Gasteiger charge is 2.27. The zero-order valence-corrected chi connectivity index (χ0v) is 14.9. The summed E-state index contributed by atoms with van der Waals surface area (Å²) >= 11 is 0. The van der Waals surface area contributed by atoms with Gasteiger partial charge in [-0.15, -0.1) is 0 Å². The molecule has 0 radical (unpaired) electrons. The summed E-state index contributed by atoms with van der Waals surface area (Å²) < 4.78 is 25.2. The van der Waals surface area contributed by atoms with E-state index >= 15 is 0 Å². The SMILES string of the molecule is CN(C)Cc1cc(OC2CCN(c3nc4cc(F)ccc4o3)C2)ccn1. The van der Waals surface area contributed by atoms with Crippen LogP contribution in [0.25, 0.3) is 11.1 Å². The lowest BCUT2D eigenvalue weighted by Crippen LogP contribution is -2.24. The van der Waals surface area contributed by atoms with Crippen molar-refractivity contribution in [3.05, 3.63) is 48.0 Å². The Bertz CT molecular complexity index is 911. The summed E-state index contributed by atoms with van der Waals surface area (Å²) in [5.74, 6) is 0.509. The Kier molecular flexibility index (Phi) is 4.46. The largest absolute Gasteiger partial charge is 0.488 e. The Morgan fingerprint density at radius 1 is 1.31 bits per heavy atom. The summed E-state index contributed by atoms with van der Waals surface area (Å²) in [6, 6.07) is 8.74. The van der Waals surface area contributed by atoms with Crippen LogP contribution in [0, 0.1) is 5.82 Å². The van der Waals surface area contributed by atoms with Gasteiger partial charge in [0.05, 0.1) is 12.2 Å². The number of benzene rings is 1. The van der Waals surface area contributed by atoms with E-state index in [2.05, 4.69) is 14.9 Å². The number of nitrogens with zero attached hydrogens (tertiary/aromatic N) is 4. The number of halogens is 1. The second-order valence-corrected chi connectivity index (χ2v) is 6.80. The van der Waals surface area contributed by atoms with E-state index in [9.17, 15) is 4.39 Å². The number of hydrogen-bond acceptors (Lipinski definition) is 6. The van der Waals surface area contributed by atoms with Crippen molar-refractivity contribution in [3.8, 4) is 5.75 Å². The molecule has 1 aromatic carbocycles. The fourth-order valence-corrected chi connectivity index (χ4v) is 3.15. The summed E-state index contributed by atoms with van der Waals surface area (Å²) in [5, 5.41) is 0. The molecule has 0 amide bonds. The van der Waals surface area contributed by atoms with E-state index in [1.165, 1.54) is 12.1 Å². The predicted molar refractivity (Wildman–Crippen MR) is 96.8 cm³/mol. The normalized spacial score (nSPS) is 17.4. The van der Waals surface area contributed by atoms with Crippen LogP contribution >= 0.6 is 0 Å². The molecule has 0 aliphatic carbocycles. The van der Waals surface area contributed by atoms with Crippen LogP contribution in [0.3, 0.4) is 0 Å². The third-order valence-corrected chi connectivity index (χ3v) is 4.32. The minimum absolute atomic E-state index is 0.0522. The van der Waals surface area contributed by atoms with E-state index in [0.29, 0.717) is 23.7 Å². The summed E-state index contributed by atoms with van der Waals surface area (Å²) in [6.07, 6.45) is 2.70. The van der Waals surface area contributed by atoms with E-state index < -0.39 is 0 Å². The fraction of sp³-hybridized carbons (Fsp3) is 0.368. The highest BCUT2D eigenvalue weighted by Crippen LogP contribution is 2.27. The van der Waals surface area contributed by atoms with Gasteiger partial charge in [-0.2, -0.15) is 4.98 Å². The number of oxazole rings is 1. The molecule has 136 valence electrons. The molecular formula is C19H21FN4O2. The van der Waals surface area contributed by atoms with Gasteiger partial charge in [0.1, 0.15) is 23.2 Å². The minimum atomic E-state index is -0.314. The predicted octanol–water partition coefficient (Wildman–Crippen LogP) is 3.08. The highest BCUT2D eigenvalue weighted by molar-refractivity contribution is 5.74. The van der Waals surface area contributed by atoms with Crippen LogP contribution in [0.4, 0.5) is 10.4 Å². The number of rotatable bonds is 5. The summed E-state index contributed by atoms with van der Waals surface area (Å²) in [5.41, 5.74) is 2.10. The molecule has 1 aliphatic heterocycles. The van der Waals surface area contributed by atoms with Gasteiger partial charge in [-0.1, -0.05) is 0 Å². The molecular weight excluding hydrogens is 335 g/mol. The molecule has 1 atom stereocenters. The molecule has 2 aromatic heterocycles. The lowest BCUT2D eigenvalue weighted by Gasteiger charge is -2.16. The van der Waals surface area contributed by atoms with Gasteiger partial charge in [0.2, 0.25) is 0 Å². The van der Waals surface area contributed by atoms with Gasteiger partial charge in [-0.3, -0.25) is 4.98 Å². The molecule has 4 rings (SSSR count). The first-order chi connectivity index (χ1) is 12.6. The molecule has 7 heteroatoms. The quantitative estimate of drug-likeness (QED) is 0.700. The Balaban J connectivity index is 1.43. The molecule has 0 N–H and O–H groups in total. The second kappa shape index (κ2) is 6.92. The van der Waals surface area contributed by atoms with Crippen LogP contribution in [-0.2, 0) is 6.54 Å². The van der Waals surface area contributed by atoms with Crippen molar-refractivity contribution >= 4 is 17.1 Å². The van der Waals surface area contributed by atoms with Crippen LogP contribution in [0.1, 0.15) is 12.1 Å². The van der Waals surface area contributed by atoms with Crippen LogP contribution in [0.15, 0.2) is 40.9 Å². The zero-order chi connectivity index (χ0) is 18.1. The van der Waals surface area contributed by atoms with Crippen LogP contribution in [0.2, 0.25) is 0 Å². The topological polar surface area (TPSA) is 54.6 Å². The summed E-state index contributed by atoms with van der Waals surface area (Å²) in [7, 11) is 4.02. The highest BCUT2D eigenvalue weighted by atomic mass is 19.1. The first kappa shape index (κ1) is 16.8. The standard InChI is InChI=1S/C19H21FN4O2/c1-23(2)11-14-10-15(5-7-21-14)25-16-6-8-24(12-16)19-22-17-9-13(20)3-4-18(17)26-19/h3-5,7,9-10,16H,6,8,11-12H2,1-2H3. The number of pyridine rings is 1. The molecule has 0 spiro atoms. The summed E-state index contributed by atoms with van der Waals surface area (Å²) in [4.78, 5) is 12.9. The lowest BCUT2D eigenvalue weighted by atomic mass is 10.3. The van der Waals surface area contributed by atoms with E-state index in [1.807, 2.05) is 31.1 Å². The maximum Gasteiger partial charge on any atom is 0.298 e. The number of anilines is 1. The van der Waals surface area contributed by atoms with Gasteiger partial charge in [-0.05, 0) is 32.3 Å². The zero-order valence-electron chi connectivity index (χ0n) is 14.9. The van der Waals surface area contributed by atoms with Gasteiger partial charge >= 0.3 is 0 Å². The Labute approximate surface area is 151 Å². The molecule has 26 heavy (non-hydrogen) atoms. The second-order valence-electron chi connectivity index (χ2n) is 6.80. The number of ether oxygens (including phenoxy) is 1. The average Bonchev–Trinajstić information content (AvgIpc) is 3.20. The molecule has 1 aliphatic rings. The van der Waals surface area contributed by atoms with Crippen molar-refractivity contribution < 1.29 is 13.5 Å². The number of aromatic nitrogens is 2. The number of fused-ring (bicyclic) bond motifs is 1. The van der Waals surface area contributed by atoms with Crippen molar-refractivity contribution in [2.75, 3.05) is 32.1 Å². The molecule has 1 saturated heterocycles. The molecule has 6 nitrogen and oxygen atoms in total. The Hall–Kier alpha value is -2.67. The third-order valence-electron chi connectivity index (χ3n) is 4.32. The van der Waals surface area contributed by atoms with Crippen molar-refractivity contribution in [1.29, 1.82) is 0 Å². The van der Waals surface area contributed by atoms with Gasteiger partial charge in [-0.25, -0.2) is 4.39 Å². The first-order valence-electron chi connectivity index (χ1n) is 8.64. The van der Waals surface area contributed by atoms with Gasteiger partial charge in [0, 0.05) is 37.8 Å². The van der Waals surface area contributed by atoms with Crippen LogP contribution < -0.4 is 9.64 Å². The maximum absolute atomic E-state index is 13.3. The van der Waals surface area contributed by atoms with Gasteiger partial charge in [0.15, 0.2) is 5.58 Å². The van der Waals surface area contributed by atoms with Crippen molar-refractivity contribution in [3.63, 3.8) is 0 Å². The van der Waals surface area contributed by atoms with Gasteiger partial charge < -0.3 is 19.0 Å². The molecule has 3 heterocycles. The Morgan fingerprint density at radius 3 is 3.04 bits per heavy atom. The monoisotopic (exact) mass is 356 g/mol. The van der Waals surface area contributed by atoms with E-state index in [4.69, 9.17) is 9.15 Å². The van der Waals surface area contributed by atoms with Crippen LogP contribution in [0.5, 0.6) is 5.75 Å². The Morgan fingerprint density at radius 2 is 2.19 bits per heavy atom. The molecule has 0 saturated carbocycles. The van der Waals surface area contributed by atoms with E-state index in [1.54, 1.807) is 12.3 Å². The van der Waals surface area contributed by atoms with Crippen molar-refractivity contribution in [2.45, 2.75) is 19.1 Å². The fourth-order valence-electron chi connectivity index (χ4n) is 3.15. The third kappa shape index (κ3) is 3.62. The minimum Gasteiger partial charge on any atom is -0.488 e. The summed E-state index contributed by atoms with van der Waals surface area (Å²) in [6.45, 7) is 2.24. The molecule has 1 fully saturated rings. The van der Waals surface area contributed by atoms with Crippen molar-refractivity contribution in [1.82, 2.24) is 14.9 Å². The average molecular weight is 356 g/mol. The molecule has 3 aromatic rings. The van der Waals surface area contributed by atoms with Crippen LogP contribution in [-0.4, -0.2) is 48.2 Å². The smallest absolute Gasteiger partial charge is 0.298 e. The maximum atomic E-state index is 13.3. The number of hydrogen-bond donors (Lipinski definition) is 0. The van der Waals surface area contributed by atoms with Gasteiger partial charge in [0.25, 0.3) is 6.01 Å². The lowest BCUT2D eigenvalue weighted by molar-refractivity contribution is 0.223. The van der Waals surface area contributed by atoms with E-state index in [-0.39, 0.29) is 11.9 Å². The first-order valence-corrected chi connectivity index (χ1v) is 8.64. The van der Waals surface area contributed by atoms with E-state index in [0.717, 1.165) is 31.0 Å². The molecule has 1 unspecified atom stereocenters.